The number of benzene rings is 4. The molecule has 0 aliphatic carbocycles. The third-order valence-electron chi connectivity index (χ3n) is 15.0. The molecule has 0 aromatic heterocycles. The number of hydrogen-bond donors (Lipinski definition) is 6. The van der Waals surface area contributed by atoms with Gasteiger partial charge in [-0.15, -0.1) is 0 Å². The van der Waals surface area contributed by atoms with E-state index in [4.69, 9.17) is 56.3 Å². The SMILES string of the molecule is CC(C)(C)[Si](C)(C)Cl.[C-]#[N+]c1ccc(C[C@@H](C(=O)NNC(=O)c2ccc(O)cc2)[C@@H](C)O)c(C)c1Cl.[C-]#[N+]c1ccc(C[C@@H](C(=O)NNC(=O)c2ccc(O[Si](C)(C)C(C)(C)C)cc2)[C@@H](C)O[Si](C)(C)C(C)(C)C)c(C)c1Cl. The summed E-state index contributed by atoms with van der Waals surface area (Å²) in [7, 11) is -5.60. The van der Waals surface area contributed by atoms with Gasteiger partial charge in [-0.1, -0.05) is 123 Å². The Hall–Kier alpha value is -5.22. The zero-order valence-electron chi connectivity index (χ0n) is 49.0. The van der Waals surface area contributed by atoms with Crippen LogP contribution in [0.15, 0.2) is 72.8 Å². The lowest BCUT2D eigenvalue weighted by Crippen LogP contribution is -2.51. The van der Waals surface area contributed by atoms with Crippen molar-refractivity contribution in [1.82, 2.24) is 21.7 Å². The van der Waals surface area contributed by atoms with Gasteiger partial charge in [-0.3, -0.25) is 40.9 Å². The predicted molar refractivity (Wildman–Crippen MR) is 325 cm³/mol. The number of aliphatic hydroxyl groups excluding tert-OH is 1. The van der Waals surface area contributed by atoms with Gasteiger partial charge in [-0.2, -0.15) is 11.1 Å². The average molecular weight is 1180 g/mol. The van der Waals surface area contributed by atoms with E-state index in [1.54, 1.807) is 49.4 Å². The second-order valence-electron chi connectivity index (χ2n) is 24.1. The third kappa shape index (κ3) is 19.8. The number of nitrogens with zero attached hydrogens (tertiary/aromatic N) is 2. The average Bonchev–Trinajstić information content (AvgIpc) is 3.32. The van der Waals surface area contributed by atoms with Gasteiger partial charge in [0.05, 0.1) is 47.2 Å². The first-order valence-electron chi connectivity index (χ1n) is 25.7. The van der Waals surface area contributed by atoms with Crippen molar-refractivity contribution < 1.29 is 38.2 Å². The standard InChI is InChI=1S/C32H48ClN3O4Si2.C20H20ClN3O4.C6H15ClSi/c1-21-24(16-19-27(34-9)28(21)33)20-26(22(2)39-41(10,11)31(3,4)5)30(38)36-35-29(37)23-14-17-25(18-15-23)40-42(12,13)32(6,7)8;1-11-14(6-9-17(22-3)18(11)21)10-16(12(2)25)20(28)24-23-19(27)13-4-7-15(26)8-5-13;1-6(2,3)8(4,5)7/h14-19,22,26H,20H2,1-8,10-13H3,(H,35,37)(H,36,38);4-9,12,16,25-26H,10H2,1-2H3,(H,23,27)(H,24,28);1-5H3/t22-,26-;12-,16-;/m11./s1. The molecule has 0 spiro atoms. The number of nitrogens with one attached hydrogen (secondary N) is 4. The van der Waals surface area contributed by atoms with Gasteiger partial charge in [0.15, 0.2) is 15.7 Å². The highest BCUT2D eigenvalue weighted by molar-refractivity contribution is 7.20. The molecule has 4 amide bonds. The number of phenolic OH excluding ortho intramolecular Hbond substituents is 1. The van der Waals surface area contributed by atoms with Crippen molar-refractivity contribution in [2.24, 2.45) is 11.8 Å². The molecular formula is C58H83Cl3N6O8Si3. The van der Waals surface area contributed by atoms with Crippen molar-refractivity contribution in [2.45, 2.75) is 169 Å². The van der Waals surface area contributed by atoms with E-state index in [1.165, 1.54) is 31.2 Å². The van der Waals surface area contributed by atoms with Gasteiger partial charge in [0, 0.05) is 11.1 Å². The Bertz CT molecular complexity index is 2790. The second-order valence-corrected chi connectivity index (χ2v) is 41.6. The molecule has 4 aromatic carbocycles. The molecule has 0 aliphatic rings. The van der Waals surface area contributed by atoms with Crippen LogP contribution in [0.25, 0.3) is 9.69 Å². The first-order chi connectivity index (χ1) is 35.6. The quantitative estimate of drug-likeness (QED) is 0.0312. The van der Waals surface area contributed by atoms with E-state index < -0.39 is 65.8 Å². The number of aliphatic hydroxyl groups is 1. The van der Waals surface area contributed by atoms with Crippen molar-refractivity contribution >= 4 is 93.3 Å². The van der Waals surface area contributed by atoms with E-state index in [1.807, 2.05) is 19.9 Å². The molecule has 0 saturated carbocycles. The maximum absolute atomic E-state index is 13.6. The molecule has 0 saturated heterocycles. The predicted octanol–water partition coefficient (Wildman–Crippen LogP) is 14.7. The second kappa shape index (κ2) is 28.3. The fraction of sp³-hybridized carbons (Fsp3) is 0.483. The Kier molecular flexibility index (Phi) is 25.0. The minimum atomic E-state index is -2.21. The summed E-state index contributed by atoms with van der Waals surface area (Å²) in [6.45, 7) is 54.0. The van der Waals surface area contributed by atoms with Crippen LogP contribution < -0.4 is 26.1 Å². The van der Waals surface area contributed by atoms with Gasteiger partial charge in [0.25, 0.3) is 11.8 Å². The van der Waals surface area contributed by atoms with E-state index in [0.717, 1.165) is 22.4 Å². The van der Waals surface area contributed by atoms with Crippen LogP contribution in [0.1, 0.15) is 119 Å². The van der Waals surface area contributed by atoms with Crippen LogP contribution in [0.3, 0.4) is 0 Å². The van der Waals surface area contributed by atoms with Crippen LogP contribution >= 0.6 is 34.3 Å². The van der Waals surface area contributed by atoms with Gasteiger partial charge in [0.1, 0.15) is 11.5 Å². The number of carbonyl (C=O) groups is 4. The summed E-state index contributed by atoms with van der Waals surface area (Å²) in [5, 5.41) is 20.3. The molecule has 0 fully saturated rings. The summed E-state index contributed by atoms with van der Waals surface area (Å²) < 4.78 is 12.9. The molecule has 0 unspecified atom stereocenters. The van der Waals surface area contributed by atoms with Crippen LogP contribution in [-0.4, -0.2) is 70.1 Å². The number of amides is 4. The summed E-state index contributed by atoms with van der Waals surface area (Å²) in [5.41, 5.74) is 14.1. The number of hydrogen-bond acceptors (Lipinski definition) is 8. The molecule has 0 heterocycles. The minimum absolute atomic E-state index is 0.0213. The van der Waals surface area contributed by atoms with Crippen LogP contribution in [0.2, 0.25) is 64.4 Å². The maximum Gasteiger partial charge on any atom is 0.269 e. The van der Waals surface area contributed by atoms with Crippen molar-refractivity contribution in [3.8, 4) is 11.5 Å². The highest BCUT2D eigenvalue weighted by atomic mass is 35.6. The largest absolute Gasteiger partial charge is 0.544 e. The Morgan fingerprint density at radius 1 is 0.590 bits per heavy atom. The summed E-state index contributed by atoms with van der Waals surface area (Å²) in [6, 6.07) is 19.3. The number of hydrazine groups is 2. The molecule has 0 bridgehead atoms. The number of aromatic hydroxyl groups is 1. The molecule has 0 aliphatic heterocycles. The summed E-state index contributed by atoms with van der Waals surface area (Å²) in [6.07, 6.45) is -0.902. The zero-order valence-corrected chi connectivity index (χ0v) is 54.3. The zero-order chi connectivity index (χ0) is 60.1. The first kappa shape index (κ1) is 68.9. The van der Waals surface area contributed by atoms with Gasteiger partial charge in [-0.25, -0.2) is 9.69 Å². The highest BCUT2D eigenvalue weighted by Crippen LogP contribution is 2.41. The normalized spacial score (nSPS) is 13.5. The molecule has 14 nitrogen and oxygen atoms in total. The van der Waals surface area contributed by atoms with E-state index >= 15 is 0 Å². The van der Waals surface area contributed by atoms with Crippen LogP contribution in [0.5, 0.6) is 11.5 Å². The Balaban J connectivity index is 0.000000494. The highest BCUT2D eigenvalue weighted by Gasteiger charge is 2.42. The van der Waals surface area contributed by atoms with E-state index in [-0.39, 0.29) is 33.7 Å². The van der Waals surface area contributed by atoms with Crippen molar-refractivity contribution in [2.75, 3.05) is 0 Å². The maximum atomic E-state index is 13.6. The number of phenols is 1. The van der Waals surface area contributed by atoms with Crippen LogP contribution in [0.4, 0.5) is 11.4 Å². The molecule has 6 N–H and O–H groups in total. The summed E-state index contributed by atoms with van der Waals surface area (Å²) >= 11 is 18.8. The minimum Gasteiger partial charge on any atom is -0.544 e. The first-order valence-corrected chi connectivity index (χ1v) is 36.3. The Morgan fingerprint density at radius 2 is 0.949 bits per heavy atom. The monoisotopic (exact) mass is 1180 g/mol. The van der Waals surface area contributed by atoms with Crippen molar-refractivity contribution in [3.63, 3.8) is 0 Å². The summed E-state index contributed by atoms with van der Waals surface area (Å²) in [4.78, 5) is 57.9. The fourth-order valence-corrected chi connectivity index (χ4v) is 9.42. The molecule has 4 rings (SSSR count). The third-order valence-corrected chi connectivity index (χ3v) is 30.1. The number of rotatable bonds is 14. The molecule has 4 atom stereocenters. The molecule has 426 valence electrons. The molecule has 4 aromatic rings. The smallest absolute Gasteiger partial charge is 0.269 e. The lowest BCUT2D eigenvalue weighted by atomic mass is 9.91. The molecule has 78 heavy (non-hydrogen) atoms. The van der Waals surface area contributed by atoms with Gasteiger partial charge >= 0.3 is 0 Å². The molecule has 20 heteroatoms. The van der Waals surface area contributed by atoms with Crippen molar-refractivity contribution in [1.29, 1.82) is 0 Å². The van der Waals surface area contributed by atoms with Gasteiger partial charge in [0.2, 0.25) is 31.5 Å². The lowest BCUT2D eigenvalue weighted by molar-refractivity contribution is -0.129. The fourth-order valence-electron chi connectivity index (χ4n) is 6.49. The topological polar surface area (TPSA) is 184 Å². The summed E-state index contributed by atoms with van der Waals surface area (Å²) in [5.74, 6) is -2.63. The van der Waals surface area contributed by atoms with Crippen LogP contribution in [-0.2, 0) is 26.9 Å². The number of carbonyl (C=O) groups excluding carboxylic acids is 4. The van der Waals surface area contributed by atoms with E-state index in [0.29, 0.717) is 44.0 Å². The van der Waals surface area contributed by atoms with Gasteiger partial charge in [-0.05, 0) is 153 Å². The Labute approximate surface area is 482 Å². The van der Waals surface area contributed by atoms with Crippen LogP contribution in [0, 0.1) is 38.8 Å². The van der Waals surface area contributed by atoms with Gasteiger partial charge < -0.3 is 19.1 Å². The Morgan fingerprint density at radius 3 is 1.29 bits per heavy atom. The lowest BCUT2D eigenvalue weighted by Gasteiger charge is -2.40. The molecule has 0 radical (unpaired) electrons. The van der Waals surface area contributed by atoms with E-state index in [9.17, 15) is 29.4 Å². The number of halogens is 3. The van der Waals surface area contributed by atoms with Crippen molar-refractivity contribution in [3.05, 3.63) is 139 Å². The molecular weight excluding hydrogens is 1100 g/mol. The van der Waals surface area contributed by atoms with E-state index in [2.05, 4.69) is 133 Å².